The second-order valence-electron chi connectivity index (χ2n) is 3.33. The number of carboxylic acids is 1. The van der Waals surface area contributed by atoms with Crippen molar-refractivity contribution in [2.24, 2.45) is 0 Å². The van der Waals surface area contributed by atoms with Gasteiger partial charge in [-0.3, -0.25) is 4.79 Å². The number of carbonyl (C=O) groups is 2. The molecule has 78 valence electrons. The molecule has 1 unspecified atom stereocenters. The maximum atomic E-state index is 11.3. The lowest BCUT2D eigenvalue weighted by Crippen LogP contribution is -2.25. The third-order valence-electron chi connectivity index (χ3n) is 2.31. The molecule has 1 N–H and O–H groups in total. The molecule has 2 heterocycles. The Morgan fingerprint density at radius 1 is 1.67 bits per heavy atom. The van der Waals surface area contributed by atoms with Crippen LogP contribution >= 0.6 is 0 Å². The number of cyclic esters (lactones) is 1. The summed E-state index contributed by atoms with van der Waals surface area (Å²) in [5, 5.41) is 8.70. The minimum absolute atomic E-state index is 0.0496. The van der Waals surface area contributed by atoms with Gasteiger partial charge in [-0.25, -0.2) is 9.78 Å². The highest BCUT2D eigenvalue weighted by atomic mass is 16.5. The van der Waals surface area contributed by atoms with Crippen molar-refractivity contribution in [2.75, 3.05) is 6.61 Å². The van der Waals surface area contributed by atoms with Crippen molar-refractivity contribution in [3.63, 3.8) is 0 Å². The Balaban J connectivity index is 2.36. The van der Waals surface area contributed by atoms with Crippen LogP contribution in [0.4, 0.5) is 0 Å². The predicted octanol–water partition coefficient (Wildman–Crippen LogP) is 0.810. The summed E-state index contributed by atoms with van der Waals surface area (Å²) >= 11 is 0. The number of esters is 1. The molecule has 5 heteroatoms. The smallest absolute Gasteiger partial charge is 0.357 e. The summed E-state index contributed by atoms with van der Waals surface area (Å²) in [4.78, 5) is 25.8. The number of rotatable bonds is 2. The second kappa shape index (κ2) is 3.68. The molecular weight excluding hydrogens is 198 g/mol. The molecule has 0 spiro atoms. The standard InChI is InChI=1S/C10H9NO4/c12-8(13)4-6-5-15-10(14)9-7(6)2-1-3-11-9/h1-3,6H,4-5H2,(H,12,13). The first-order valence-corrected chi connectivity index (χ1v) is 4.52. The van der Waals surface area contributed by atoms with E-state index in [1.54, 1.807) is 12.1 Å². The van der Waals surface area contributed by atoms with Crippen molar-refractivity contribution in [3.05, 3.63) is 29.6 Å². The van der Waals surface area contributed by atoms with Crippen molar-refractivity contribution >= 4 is 11.9 Å². The highest BCUT2D eigenvalue weighted by Crippen LogP contribution is 2.27. The van der Waals surface area contributed by atoms with Gasteiger partial charge in [0.2, 0.25) is 0 Å². The number of carboxylic acid groups (broad SMARTS) is 1. The van der Waals surface area contributed by atoms with E-state index in [2.05, 4.69) is 4.98 Å². The zero-order chi connectivity index (χ0) is 10.8. The topological polar surface area (TPSA) is 76.5 Å². The first-order chi connectivity index (χ1) is 7.18. The summed E-state index contributed by atoms with van der Waals surface area (Å²) in [5.74, 6) is -1.68. The molecule has 0 amide bonds. The SMILES string of the molecule is O=C(O)CC1COC(=O)c2ncccc21. The number of aliphatic carboxylic acids is 1. The fourth-order valence-corrected chi connectivity index (χ4v) is 1.63. The van der Waals surface area contributed by atoms with Gasteiger partial charge >= 0.3 is 11.9 Å². The minimum Gasteiger partial charge on any atom is -0.481 e. The molecule has 1 aliphatic rings. The Hall–Kier alpha value is -1.91. The van der Waals surface area contributed by atoms with Crippen LogP contribution in [0.5, 0.6) is 0 Å². The number of ether oxygens (including phenoxy) is 1. The average molecular weight is 207 g/mol. The van der Waals surface area contributed by atoms with E-state index in [0.29, 0.717) is 5.56 Å². The zero-order valence-electron chi connectivity index (χ0n) is 7.84. The molecule has 0 fully saturated rings. The van der Waals surface area contributed by atoms with E-state index < -0.39 is 11.9 Å². The van der Waals surface area contributed by atoms with Crippen LogP contribution in [0.25, 0.3) is 0 Å². The van der Waals surface area contributed by atoms with Crippen LogP contribution in [0.2, 0.25) is 0 Å². The Morgan fingerprint density at radius 3 is 3.20 bits per heavy atom. The van der Waals surface area contributed by atoms with Crippen LogP contribution in [0.1, 0.15) is 28.4 Å². The number of hydrogen-bond acceptors (Lipinski definition) is 4. The van der Waals surface area contributed by atoms with Crippen LogP contribution in [0.15, 0.2) is 18.3 Å². The van der Waals surface area contributed by atoms with Gasteiger partial charge in [0.1, 0.15) is 0 Å². The first-order valence-electron chi connectivity index (χ1n) is 4.52. The summed E-state index contributed by atoms with van der Waals surface area (Å²) in [6, 6.07) is 3.41. The lowest BCUT2D eigenvalue weighted by Gasteiger charge is -2.22. The summed E-state index contributed by atoms with van der Waals surface area (Å²) in [5.41, 5.74) is 0.895. The van der Waals surface area contributed by atoms with Gasteiger partial charge in [-0.15, -0.1) is 0 Å². The molecular formula is C10H9NO4. The van der Waals surface area contributed by atoms with Crippen LogP contribution in [0.3, 0.4) is 0 Å². The van der Waals surface area contributed by atoms with Crippen LogP contribution in [-0.2, 0) is 9.53 Å². The van der Waals surface area contributed by atoms with E-state index in [0.717, 1.165) is 0 Å². The molecule has 15 heavy (non-hydrogen) atoms. The van der Waals surface area contributed by atoms with Crippen LogP contribution < -0.4 is 0 Å². The van der Waals surface area contributed by atoms with Crippen molar-refractivity contribution in [2.45, 2.75) is 12.3 Å². The van der Waals surface area contributed by atoms with E-state index >= 15 is 0 Å². The Labute approximate surface area is 85.7 Å². The van der Waals surface area contributed by atoms with Crippen LogP contribution in [0, 0.1) is 0 Å². The summed E-state index contributed by atoms with van der Waals surface area (Å²) in [6.07, 6.45) is 1.44. The van der Waals surface area contributed by atoms with Crippen molar-refractivity contribution in [1.29, 1.82) is 0 Å². The Morgan fingerprint density at radius 2 is 2.47 bits per heavy atom. The fraction of sp³-hybridized carbons (Fsp3) is 0.300. The van der Waals surface area contributed by atoms with Gasteiger partial charge in [0.15, 0.2) is 5.69 Å². The lowest BCUT2D eigenvalue weighted by molar-refractivity contribution is -0.137. The Bertz CT molecular complexity index is 416. The maximum absolute atomic E-state index is 11.3. The molecule has 5 nitrogen and oxygen atoms in total. The number of hydrogen-bond donors (Lipinski definition) is 1. The van der Waals surface area contributed by atoms with E-state index in [1.807, 2.05) is 0 Å². The third-order valence-corrected chi connectivity index (χ3v) is 2.31. The number of aromatic nitrogens is 1. The molecule has 0 saturated carbocycles. The van der Waals surface area contributed by atoms with Crippen LogP contribution in [-0.4, -0.2) is 28.6 Å². The van der Waals surface area contributed by atoms with Gasteiger partial charge in [-0.1, -0.05) is 6.07 Å². The molecule has 2 rings (SSSR count). The van der Waals surface area contributed by atoms with E-state index in [1.165, 1.54) is 6.20 Å². The summed E-state index contributed by atoms with van der Waals surface area (Å²) in [6.45, 7) is 0.115. The van der Waals surface area contributed by atoms with Gasteiger partial charge < -0.3 is 9.84 Å². The number of pyridine rings is 1. The lowest BCUT2D eigenvalue weighted by atomic mass is 9.93. The average Bonchev–Trinajstić information content (AvgIpc) is 2.22. The molecule has 0 aromatic carbocycles. The van der Waals surface area contributed by atoms with Crippen molar-refractivity contribution < 1.29 is 19.4 Å². The largest absolute Gasteiger partial charge is 0.481 e. The third kappa shape index (κ3) is 1.81. The number of nitrogens with zero attached hydrogens (tertiary/aromatic N) is 1. The molecule has 1 aliphatic heterocycles. The first kappa shape index (κ1) is 9.64. The van der Waals surface area contributed by atoms with Crippen molar-refractivity contribution in [3.8, 4) is 0 Å². The van der Waals surface area contributed by atoms with E-state index in [9.17, 15) is 9.59 Å². The fourth-order valence-electron chi connectivity index (χ4n) is 1.63. The highest BCUT2D eigenvalue weighted by molar-refractivity contribution is 5.90. The number of fused-ring (bicyclic) bond motifs is 1. The van der Waals surface area contributed by atoms with Gasteiger partial charge in [-0.05, 0) is 11.6 Å². The van der Waals surface area contributed by atoms with Crippen molar-refractivity contribution in [1.82, 2.24) is 4.98 Å². The monoisotopic (exact) mass is 207 g/mol. The highest BCUT2D eigenvalue weighted by Gasteiger charge is 2.29. The van der Waals surface area contributed by atoms with Gasteiger partial charge in [-0.2, -0.15) is 0 Å². The van der Waals surface area contributed by atoms with E-state index in [-0.39, 0.29) is 24.6 Å². The van der Waals surface area contributed by atoms with Gasteiger partial charge in [0, 0.05) is 12.1 Å². The maximum Gasteiger partial charge on any atom is 0.357 e. The van der Waals surface area contributed by atoms with Gasteiger partial charge in [0.25, 0.3) is 0 Å². The molecule has 0 aliphatic carbocycles. The molecule has 1 aromatic rings. The molecule has 0 saturated heterocycles. The quantitative estimate of drug-likeness (QED) is 0.726. The Kier molecular flexibility index (Phi) is 2.37. The van der Waals surface area contributed by atoms with E-state index in [4.69, 9.17) is 9.84 Å². The predicted molar refractivity (Wildman–Crippen MR) is 49.5 cm³/mol. The summed E-state index contributed by atoms with van der Waals surface area (Å²) < 4.78 is 4.85. The molecule has 1 atom stereocenters. The molecule has 0 radical (unpaired) electrons. The van der Waals surface area contributed by atoms with Gasteiger partial charge in [0.05, 0.1) is 13.0 Å². The molecule has 1 aromatic heterocycles. The number of carbonyl (C=O) groups excluding carboxylic acids is 1. The second-order valence-corrected chi connectivity index (χ2v) is 3.33. The zero-order valence-corrected chi connectivity index (χ0v) is 7.84. The minimum atomic E-state index is -0.909. The normalized spacial score (nSPS) is 19.2. The molecule has 0 bridgehead atoms. The summed E-state index contributed by atoms with van der Waals surface area (Å²) in [7, 11) is 0.